The summed E-state index contributed by atoms with van der Waals surface area (Å²) in [5, 5.41) is 0.428. The lowest BCUT2D eigenvalue weighted by atomic mass is 10.0. The van der Waals surface area contributed by atoms with Crippen molar-refractivity contribution in [3.05, 3.63) is 51.7 Å². The molecule has 0 fully saturated rings. The molecule has 0 heterocycles. The van der Waals surface area contributed by atoms with Crippen molar-refractivity contribution in [3.8, 4) is 11.1 Å². The maximum absolute atomic E-state index is 13.6. The number of anilines is 1. The lowest BCUT2D eigenvalue weighted by Gasteiger charge is -2.06. The smallest absolute Gasteiger partial charge is 0.131 e. The second-order valence-electron chi connectivity index (χ2n) is 3.36. The molecule has 16 heavy (non-hydrogen) atoms. The normalized spacial score (nSPS) is 10.4. The molecule has 2 aromatic carbocycles. The fourth-order valence-electron chi connectivity index (χ4n) is 1.41. The number of benzene rings is 2. The summed E-state index contributed by atoms with van der Waals surface area (Å²) in [7, 11) is 0. The summed E-state index contributed by atoms with van der Waals surface area (Å²) in [5.74, 6) is -0.288. The van der Waals surface area contributed by atoms with Crippen molar-refractivity contribution in [2.45, 2.75) is 0 Å². The van der Waals surface area contributed by atoms with Crippen LogP contribution in [-0.2, 0) is 0 Å². The van der Waals surface area contributed by atoms with Gasteiger partial charge in [0, 0.05) is 10.0 Å². The van der Waals surface area contributed by atoms with Crippen molar-refractivity contribution < 1.29 is 4.39 Å². The van der Waals surface area contributed by atoms with Crippen LogP contribution in [0.15, 0.2) is 40.9 Å². The van der Waals surface area contributed by atoms with E-state index in [0.29, 0.717) is 21.8 Å². The summed E-state index contributed by atoms with van der Waals surface area (Å²) in [6.45, 7) is 0. The summed E-state index contributed by atoms with van der Waals surface area (Å²) in [4.78, 5) is 0. The molecule has 0 unspecified atom stereocenters. The Hall–Kier alpha value is -1.06. The third kappa shape index (κ3) is 2.20. The molecule has 2 aromatic rings. The molecule has 0 spiro atoms. The van der Waals surface area contributed by atoms with Gasteiger partial charge < -0.3 is 5.73 Å². The summed E-state index contributed by atoms with van der Waals surface area (Å²) >= 11 is 9.20. The number of hydrogen-bond donors (Lipinski definition) is 1. The van der Waals surface area contributed by atoms with E-state index in [-0.39, 0.29) is 5.82 Å². The Morgan fingerprint density at radius 3 is 2.56 bits per heavy atom. The second kappa shape index (κ2) is 4.44. The number of rotatable bonds is 1. The molecule has 0 radical (unpaired) electrons. The molecule has 82 valence electrons. The topological polar surface area (TPSA) is 26.0 Å². The predicted octanol–water partition coefficient (Wildman–Crippen LogP) is 4.49. The first-order chi connectivity index (χ1) is 7.58. The van der Waals surface area contributed by atoms with Crippen LogP contribution < -0.4 is 5.73 Å². The van der Waals surface area contributed by atoms with Crippen LogP contribution in [0.4, 0.5) is 10.1 Å². The maximum atomic E-state index is 13.6. The number of nitrogens with two attached hydrogens (primary N) is 1. The van der Waals surface area contributed by atoms with Gasteiger partial charge in [-0.25, -0.2) is 4.39 Å². The fraction of sp³-hybridized carbons (Fsp3) is 0. The van der Waals surface area contributed by atoms with E-state index in [1.807, 2.05) is 0 Å². The van der Waals surface area contributed by atoms with E-state index in [4.69, 9.17) is 17.3 Å². The summed E-state index contributed by atoms with van der Waals surface area (Å²) in [6.07, 6.45) is 0. The highest BCUT2D eigenvalue weighted by molar-refractivity contribution is 9.10. The van der Waals surface area contributed by atoms with Crippen LogP contribution in [0.25, 0.3) is 11.1 Å². The fourth-order valence-corrected chi connectivity index (χ4v) is 1.96. The van der Waals surface area contributed by atoms with Crippen LogP contribution in [0.1, 0.15) is 0 Å². The molecule has 2 rings (SSSR count). The molecular formula is C12H8BrClFN. The molecular weight excluding hydrogens is 292 g/mol. The van der Waals surface area contributed by atoms with Gasteiger partial charge >= 0.3 is 0 Å². The van der Waals surface area contributed by atoms with Gasteiger partial charge in [0.1, 0.15) is 5.82 Å². The highest BCUT2D eigenvalue weighted by atomic mass is 79.9. The highest BCUT2D eigenvalue weighted by Crippen LogP contribution is 2.30. The minimum Gasteiger partial charge on any atom is -0.398 e. The van der Waals surface area contributed by atoms with E-state index < -0.39 is 0 Å². The molecule has 0 saturated heterocycles. The van der Waals surface area contributed by atoms with Crippen molar-refractivity contribution in [1.29, 1.82) is 0 Å². The minimum atomic E-state index is -0.288. The summed E-state index contributed by atoms with van der Waals surface area (Å²) in [5.41, 5.74) is 7.29. The molecule has 0 bridgehead atoms. The van der Waals surface area contributed by atoms with Crippen molar-refractivity contribution in [2.75, 3.05) is 5.73 Å². The number of hydrogen-bond acceptors (Lipinski definition) is 1. The molecule has 0 saturated carbocycles. The molecule has 2 N–H and O–H groups in total. The van der Waals surface area contributed by atoms with E-state index in [1.54, 1.807) is 30.3 Å². The van der Waals surface area contributed by atoms with E-state index in [1.165, 1.54) is 6.07 Å². The average Bonchev–Trinajstić information content (AvgIpc) is 2.26. The number of nitrogen functional groups attached to an aromatic ring is 1. The first kappa shape index (κ1) is 11.4. The highest BCUT2D eigenvalue weighted by Gasteiger charge is 2.07. The zero-order valence-corrected chi connectivity index (χ0v) is 10.5. The zero-order chi connectivity index (χ0) is 11.7. The molecule has 0 atom stereocenters. The van der Waals surface area contributed by atoms with Crippen LogP contribution in [0.3, 0.4) is 0 Å². The van der Waals surface area contributed by atoms with Gasteiger partial charge in [-0.15, -0.1) is 0 Å². The van der Waals surface area contributed by atoms with E-state index in [0.717, 1.165) is 4.47 Å². The molecule has 0 aliphatic rings. The van der Waals surface area contributed by atoms with Crippen LogP contribution in [0.2, 0.25) is 5.02 Å². The Balaban J connectivity index is 2.58. The molecule has 1 nitrogen and oxygen atoms in total. The van der Waals surface area contributed by atoms with Gasteiger partial charge in [-0.3, -0.25) is 0 Å². The van der Waals surface area contributed by atoms with Gasteiger partial charge in [0.2, 0.25) is 0 Å². The Kier molecular flexibility index (Phi) is 3.17. The quantitative estimate of drug-likeness (QED) is 0.772. The molecule has 0 amide bonds. The van der Waals surface area contributed by atoms with Crippen LogP contribution >= 0.6 is 27.5 Å². The van der Waals surface area contributed by atoms with Gasteiger partial charge in [-0.2, -0.15) is 0 Å². The first-order valence-corrected chi connectivity index (χ1v) is 5.75. The van der Waals surface area contributed by atoms with Crippen LogP contribution in [0.5, 0.6) is 0 Å². The Morgan fingerprint density at radius 1 is 1.12 bits per heavy atom. The third-order valence-corrected chi connectivity index (χ3v) is 3.06. The van der Waals surface area contributed by atoms with Gasteiger partial charge in [-0.1, -0.05) is 33.6 Å². The van der Waals surface area contributed by atoms with Crippen molar-refractivity contribution in [1.82, 2.24) is 0 Å². The minimum absolute atomic E-state index is 0.288. The molecule has 0 aliphatic carbocycles. The Morgan fingerprint density at radius 2 is 1.88 bits per heavy atom. The molecule has 4 heteroatoms. The zero-order valence-electron chi connectivity index (χ0n) is 8.18. The maximum Gasteiger partial charge on any atom is 0.131 e. The van der Waals surface area contributed by atoms with Crippen molar-refractivity contribution in [3.63, 3.8) is 0 Å². The second-order valence-corrected chi connectivity index (χ2v) is 4.68. The standard InChI is InChI=1S/C12H8BrClFN/c13-8-2-3-11(15)9(6-8)7-1-4-12(16)10(14)5-7/h1-6H,16H2. The van der Waals surface area contributed by atoms with Crippen molar-refractivity contribution >= 4 is 33.2 Å². The predicted molar refractivity (Wildman–Crippen MR) is 69.0 cm³/mol. The van der Waals surface area contributed by atoms with Crippen LogP contribution in [-0.4, -0.2) is 0 Å². The monoisotopic (exact) mass is 299 g/mol. The first-order valence-electron chi connectivity index (χ1n) is 4.58. The third-order valence-electron chi connectivity index (χ3n) is 2.24. The van der Waals surface area contributed by atoms with E-state index in [9.17, 15) is 4.39 Å². The average molecular weight is 301 g/mol. The van der Waals surface area contributed by atoms with Crippen LogP contribution in [0, 0.1) is 5.82 Å². The largest absolute Gasteiger partial charge is 0.398 e. The Labute approximate surface area is 106 Å². The lowest BCUT2D eigenvalue weighted by Crippen LogP contribution is -1.88. The lowest BCUT2D eigenvalue weighted by molar-refractivity contribution is 0.631. The SMILES string of the molecule is Nc1ccc(-c2cc(Br)ccc2F)cc1Cl. The molecule has 0 aromatic heterocycles. The van der Waals surface area contributed by atoms with E-state index in [2.05, 4.69) is 15.9 Å². The Bertz CT molecular complexity index is 543. The summed E-state index contributed by atoms with van der Waals surface area (Å²) < 4.78 is 14.4. The van der Waals surface area contributed by atoms with Gasteiger partial charge in [0.05, 0.1) is 10.7 Å². The molecule has 0 aliphatic heterocycles. The van der Waals surface area contributed by atoms with Gasteiger partial charge in [0.15, 0.2) is 0 Å². The summed E-state index contributed by atoms with van der Waals surface area (Å²) in [6, 6.07) is 9.82. The van der Waals surface area contributed by atoms with E-state index >= 15 is 0 Å². The number of halogens is 3. The van der Waals surface area contributed by atoms with Gasteiger partial charge in [-0.05, 0) is 35.9 Å². The van der Waals surface area contributed by atoms with Crippen molar-refractivity contribution in [2.24, 2.45) is 0 Å². The van der Waals surface area contributed by atoms with Gasteiger partial charge in [0.25, 0.3) is 0 Å².